The molecule has 4 rings (SSSR count). The molecule has 2 atom stereocenters. The lowest BCUT2D eigenvalue weighted by molar-refractivity contribution is 0.101. The molecule has 30 heavy (non-hydrogen) atoms. The number of nitrogens with two attached hydrogens (primary N) is 1. The fourth-order valence-electron chi connectivity index (χ4n) is 4.70. The summed E-state index contributed by atoms with van der Waals surface area (Å²) in [6, 6.07) is 9.16. The lowest BCUT2D eigenvalue weighted by Gasteiger charge is -2.39. The molecule has 1 aliphatic heterocycles. The summed E-state index contributed by atoms with van der Waals surface area (Å²) in [4.78, 5) is 27.4. The Kier molecular flexibility index (Phi) is 6.18. The summed E-state index contributed by atoms with van der Waals surface area (Å²) in [5.74, 6) is 0.284. The molecule has 7 heteroatoms. The van der Waals surface area contributed by atoms with Crippen LogP contribution < -0.4 is 11.3 Å². The van der Waals surface area contributed by atoms with Crippen molar-refractivity contribution >= 4 is 17.0 Å². The van der Waals surface area contributed by atoms with Gasteiger partial charge < -0.3 is 15.3 Å². The van der Waals surface area contributed by atoms with Crippen molar-refractivity contribution in [1.29, 1.82) is 0 Å². The molecule has 0 radical (unpaired) electrons. The van der Waals surface area contributed by atoms with E-state index in [4.69, 9.17) is 5.73 Å². The molecule has 0 bridgehead atoms. The van der Waals surface area contributed by atoms with Gasteiger partial charge in [-0.15, -0.1) is 0 Å². The number of para-hydroxylation sites is 2. The van der Waals surface area contributed by atoms with Crippen LogP contribution in [0.25, 0.3) is 22.4 Å². The van der Waals surface area contributed by atoms with Crippen LogP contribution in [-0.2, 0) is 6.54 Å². The van der Waals surface area contributed by atoms with E-state index < -0.39 is 0 Å². The zero-order valence-corrected chi connectivity index (χ0v) is 18.0. The maximum Gasteiger partial charge on any atom is 0.279 e. The van der Waals surface area contributed by atoms with Gasteiger partial charge in [0.2, 0.25) is 0 Å². The third kappa shape index (κ3) is 4.26. The topological polar surface area (TPSA) is 92.8 Å². The Bertz CT molecular complexity index is 1050. The van der Waals surface area contributed by atoms with Gasteiger partial charge in [-0.2, -0.15) is 0 Å². The molecule has 0 unspecified atom stereocenters. The maximum atomic E-state index is 13.2. The van der Waals surface area contributed by atoms with E-state index in [2.05, 4.69) is 33.7 Å². The van der Waals surface area contributed by atoms with Crippen LogP contribution in [0.3, 0.4) is 0 Å². The van der Waals surface area contributed by atoms with Crippen molar-refractivity contribution in [3.05, 3.63) is 40.8 Å². The Morgan fingerprint density at radius 2 is 1.83 bits per heavy atom. The first kappa shape index (κ1) is 20.6. The van der Waals surface area contributed by atoms with E-state index in [0.717, 1.165) is 36.8 Å². The van der Waals surface area contributed by atoms with E-state index in [1.165, 1.54) is 19.3 Å². The van der Waals surface area contributed by atoms with Crippen LogP contribution in [0.15, 0.2) is 35.3 Å². The number of piperidine rings is 1. The highest BCUT2D eigenvalue weighted by atomic mass is 16.1. The minimum atomic E-state index is -0.101. The van der Waals surface area contributed by atoms with Gasteiger partial charge >= 0.3 is 0 Å². The lowest BCUT2D eigenvalue weighted by atomic mass is 9.97. The summed E-state index contributed by atoms with van der Waals surface area (Å²) >= 11 is 0. The zero-order valence-electron chi connectivity index (χ0n) is 18.0. The summed E-state index contributed by atoms with van der Waals surface area (Å²) in [6.45, 7) is 6.53. The minimum absolute atomic E-state index is 0.101. The van der Waals surface area contributed by atoms with Crippen molar-refractivity contribution in [2.45, 2.75) is 71.0 Å². The number of hydrogen-bond acceptors (Lipinski definition) is 5. The second-order valence-corrected chi connectivity index (χ2v) is 8.52. The molecule has 3 aromatic rings. The molecule has 7 nitrogen and oxygen atoms in total. The lowest BCUT2D eigenvalue weighted by Crippen LogP contribution is -2.44. The molecule has 3 heterocycles. The van der Waals surface area contributed by atoms with Gasteiger partial charge in [-0.1, -0.05) is 25.0 Å². The van der Waals surface area contributed by atoms with Gasteiger partial charge in [0.05, 0.1) is 22.9 Å². The number of fused-ring (bicyclic) bond motifs is 1. The molecule has 0 spiro atoms. The number of nitrogen functional groups attached to an aromatic ring is 1. The summed E-state index contributed by atoms with van der Waals surface area (Å²) in [7, 11) is 0. The molecule has 1 aliphatic rings. The number of imidazole rings is 1. The summed E-state index contributed by atoms with van der Waals surface area (Å²) in [5, 5.41) is 0. The number of anilines is 1. The molecule has 0 amide bonds. The van der Waals surface area contributed by atoms with Gasteiger partial charge in [-0.25, -0.2) is 9.97 Å². The smallest absolute Gasteiger partial charge is 0.279 e. The van der Waals surface area contributed by atoms with Crippen LogP contribution in [0.1, 0.15) is 52.4 Å². The normalized spacial score (nSPS) is 20.1. The first-order valence-corrected chi connectivity index (χ1v) is 11.1. The van der Waals surface area contributed by atoms with Crippen molar-refractivity contribution in [2.75, 3.05) is 12.3 Å². The predicted molar refractivity (Wildman–Crippen MR) is 121 cm³/mol. The van der Waals surface area contributed by atoms with E-state index in [-0.39, 0.29) is 11.5 Å². The first-order valence-electron chi connectivity index (χ1n) is 11.1. The van der Waals surface area contributed by atoms with Crippen molar-refractivity contribution in [3.8, 4) is 11.4 Å². The number of likely N-dealkylation sites (tertiary alicyclic amines) is 1. The molecule has 1 fully saturated rings. The van der Waals surface area contributed by atoms with Crippen molar-refractivity contribution in [3.63, 3.8) is 0 Å². The molecule has 2 aromatic heterocycles. The highest BCUT2D eigenvalue weighted by molar-refractivity contribution is 5.77. The number of nitrogens with one attached hydrogen (secondary N) is 1. The maximum absolute atomic E-state index is 13.2. The number of aromatic nitrogens is 4. The first-order chi connectivity index (χ1) is 14.5. The van der Waals surface area contributed by atoms with Gasteiger partial charge in [0.25, 0.3) is 5.56 Å². The van der Waals surface area contributed by atoms with Crippen molar-refractivity contribution < 1.29 is 0 Å². The van der Waals surface area contributed by atoms with Crippen molar-refractivity contribution in [1.82, 2.24) is 24.4 Å². The summed E-state index contributed by atoms with van der Waals surface area (Å²) in [5.41, 5.74) is 8.21. The van der Waals surface area contributed by atoms with Gasteiger partial charge in [0.1, 0.15) is 0 Å². The van der Waals surface area contributed by atoms with Crippen molar-refractivity contribution in [2.24, 2.45) is 0 Å². The van der Waals surface area contributed by atoms with E-state index in [1.807, 2.05) is 28.8 Å². The standard InChI is InChI=1S/C23H32N6O/c1-16-9-8-10-17(2)28(16)13-6-3-7-14-29-20-12-5-4-11-18(20)26-21(22(29)30)19-15-25-23(24)27-19/h4-5,11-12,15-17H,3,6-10,13-14H2,1-2H3,(H3,24,25,27)/t16-,17+. The number of benzene rings is 1. The molecule has 0 aliphatic carbocycles. The molecule has 0 saturated carbocycles. The number of aryl methyl sites for hydroxylation is 1. The van der Waals surface area contributed by atoms with E-state index in [1.54, 1.807) is 6.20 Å². The highest BCUT2D eigenvalue weighted by Crippen LogP contribution is 2.23. The predicted octanol–water partition coefficient (Wildman–Crippen LogP) is 3.80. The summed E-state index contributed by atoms with van der Waals surface area (Å²) < 4.78 is 1.85. The Morgan fingerprint density at radius 1 is 1.10 bits per heavy atom. The SMILES string of the molecule is C[C@@H]1CCC[C@H](C)N1CCCCCn1c(=O)c(-c2cnc(N)[nH]2)nc2ccccc21. The third-order valence-corrected chi connectivity index (χ3v) is 6.38. The van der Waals surface area contributed by atoms with E-state index in [9.17, 15) is 4.79 Å². The second-order valence-electron chi connectivity index (χ2n) is 8.52. The van der Waals surface area contributed by atoms with Crippen LogP contribution in [0.2, 0.25) is 0 Å². The van der Waals surface area contributed by atoms with Crippen LogP contribution in [-0.4, -0.2) is 43.0 Å². The molecular formula is C23H32N6O. The Labute approximate surface area is 177 Å². The van der Waals surface area contributed by atoms with Crippen LogP contribution >= 0.6 is 0 Å². The number of hydrogen-bond donors (Lipinski definition) is 2. The molecule has 160 valence electrons. The third-order valence-electron chi connectivity index (χ3n) is 6.38. The highest BCUT2D eigenvalue weighted by Gasteiger charge is 2.23. The van der Waals surface area contributed by atoms with Gasteiger partial charge in [-0.05, 0) is 58.2 Å². The number of aromatic amines is 1. The Balaban J connectivity index is 1.47. The largest absolute Gasteiger partial charge is 0.369 e. The number of unbranched alkanes of at least 4 members (excludes halogenated alkanes) is 2. The fourth-order valence-corrected chi connectivity index (χ4v) is 4.70. The Morgan fingerprint density at radius 3 is 2.57 bits per heavy atom. The zero-order chi connectivity index (χ0) is 21.1. The Hall–Kier alpha value is -2.67. The van der Waals surface area contributed by atoms with Gasteiger partial charge in [0, 0.05) is 18.6 Å². The van der Waals surface area contributed by atoms with Gasteiger partial charge in [-0.3, -0.25) is 9.69 Å². The molecule has 3 N–H and O–H groups in total. The van der Waals surface area contributed by atoms with Crippen LogP contribution in [0.5, 0.6) is 0 Å². The van der Waals surface area contributed by atoms with Gasteiger partial charge in [0.15, 0.2) is 11.6 Å². The molecule has 1 saturated heterocycles. The number of H-pyrrole nitrogens is 1. The molecule has 1 aromatic carbocycles. The monoisotopic (exact) mass is 408 g/mol. The fraction of sp³-hybridized carbons (Fsp3) is 0.522. The van der Waals surface area contributed by atoms with Crippen LogP contribution in [0, 0.1) is 0 Å². The van der Waals surface area contributed by atoms with E-state index in [0.29, 0.717) is 30.0 Å². The second kappa shape index (κ2) is 9.00. The number of nitrogens with zero attached hydrogens (tertiary/aromatic N) is 4. The average Bonchev–Trinajstić information content (AvgIpc) is 3.16. The number of rotatable bonds is 7. The van der Waals surface area contributed by atoms with E-state index >= 15 is 0 Å². The summed E-state index contributed by atoms with van der Waals surface area (Å²) in [6.07, 6.45) is 8.77. The van der Waals surface area contributed by atoms with Crippen LogP contribution in [0.4, 0.5) is 5.95 Å². The minimum Gasteiger partial charge on any atom is -0.369 e. The molecular weight excluding hydrogens is 376 g/mol. The quantitative estimate of drug-likeness (QED) is 0.580. The average molecular weight is 409 g/mol.